The predicted molar refractivity (Wildman–Crippen MR) is 141 cm³/mol. The second-order valence-corrected chi connectivity index (χ2v) is 9.01. The molecule has 5 rings (SSSR count). The van der Waals surface area contributed by atoms with Crippen LogP contribution in [-0.4, -0.2) is 57.2 Å². The van der Waals surface area contributed by atoms with Gasteiger partial charge in [-0.25, -0.2) is 9.69 Å². The molecular weight excluding hydrogens is 520 g/mol. The highest BCUT2D eigenvalue weighted by Crippen LogP contribution is 2.33. The van der Waals surface area contributed by atoms with E-state index in [4.69, 9.17) is 23.7 Å². The normalized spacial score (nSPS) is 15.8. The van der Waals surface area contributed by atoms with Crippen LogP contribution < -0.4 is 29.2 Å². The van der Waals surface area contributed by atoms with Crippen LogP contribution >= 0.6 is 0 Å². The lowest BCUT2D eigenvalue weighted by atomic mass is 10.1. The summed E-state index contributed by atoms with van der Waals surface area (Å²) < 4.78 is 26.2. The summed E-state index contributed by atoms with van der Waals surface area (Å²) in [7, 11) is 2.94. The zero-order chi connectivity index (χ0) is 28.2. The Labute approximate surface area is 229 Å². The molecule has 40 heavy (non-hydrogen) atoms. The van der Waals surface area contributed by atoms with E-state index >= 15 is 0 Å². The van der Waals surface area contributed by atoms with Gasteiger partial charge in [-0.3, -0.25) is 14.4 Å². The molecule has 0 bridgehead atoms. The van der Waals surface area contributed by atoms with Crippen LogP contribution in [0.1, 0.15) is 32.7 Å². The maximum atomic E-state index is 13.0. The van der Waals surface area contributed by atoms with Crippen LogP contribution in [0.2, 0.25) is 0 Å². The predicted octanol–water partition coefficient (Wildman–Crippen LogP) is 2.89. The molecule has 11 nitrogen and oxygen atoms in total. The highest BCUT2D eigenvalue weighted by molar-refractivity contribution is 6.22. The number of fused-ring (bicyclic) bond motifs is 1. The first kappa shape index (κ1) is 26.7. The fourth-order valence-corrected chi connectivity index (χ4v) is 4.41. The third-order valence-electron chi connectivity index (χ3n) is 6.54. The van der Waals surface area contributed by atoms with Crippen LogP contribution in [0.3, 0.4) is 0 Å². The molecule has 0 saturated carbocycles. The smallest absolute Gasteiger partial charge is 0.338 e. The second kappa shape index (κ2) is 11.5. The van der Waals surface area contributed by atoms with E-state index in [1.807, 2.05) is 12.1 Å². The van der Waals surface area contributed by atoms with Gasteiger partial charge in [-0.1, -0.05) is 6.07 Å². The van der Waals surface area contributed by atoms with Crippen molar-refractivity contribution in [2.45, 2.75) is 19.0 Å². The number of benzene rings is 3. The van der Waals surface area contributed by atoms with Gasteiger partial charge in [-0.2, -0.15) is 0 Å². The number of Topliss-reactive ketones (excluding diaryl/α,β-unsaturated/α-hetero) is 1. The minimum atomic E-state index is -0.720. The standard InChI is InChI=1S/C29H26N2O9/c1-36-23-10-6-19(12-25(23)37-2)22(32)15-38-29(35)18-4-7-20(8-5-18)31-27(33)13-21(28(31)34)30-14-17-3-9-24-26(11-17)40-16-39-24/h3-12,21,30H,13-16H2,1-2H3. The van der Waals surface area contributed by atoms with Gasteiger partial charge >= 0.3 is 5.97 Å². The molecule has 11 heteroatoms. The summed E-state index contributed by atoms with van der Waals surface area (Å²) in [5.41, 5.74) is 1.68. The zero-order valence-corrected chi connectivity index (χ0v) is 21.8. The third kappa shape index (κ3) is 5.45. The number of nitrogens with zero attached hydrogens (tertiary/aromatic N) is 1. The first-order valence-corrected chi connectivity index (χ1v) is 12.4. The Balaban J connectivity index is 1.16. The number of carbonyl (C=O) groups excluding carboxylic acids is 4. The van der Waals surface area contributed by atoms with Gasteiger partial charge in [0.1, 0.15) is 0 Å². The Hall–Kier alpha value is -4.90. The van der Waals surface area contributed by atoms with Crippen LogP contribution in [0, 0.1) is 0 Å². The van der Waals surface area contributed by atoms with Gasteiger partial charge < -0.3 is 29.0 Å². The topological polar surface area (TPSA) is 130 Å². The molecule has 2 aliphatic heterocycles. The van der Waals surface area contributed by atoms with E-state index in [1.54, 1.807) is 18.2 Å². The van der Waals surface area contributed by atoms with Crippen molar-refractivity contribution in [3.8, 4) is 23.0 Å². The summed E-state index contributed by atoms with van der Waals surface area (Å²) in [4.78, 5) is 51.8. The lowest BCUT2D eigenvalue weighted by molar-refractivity contribution is -0.121. The zero-order valence-electron chi connectivity index (χ0n) is 21.8. The van der Waals surface area contributed by atoms with Crippen molar-refractivity contribution in [2.75, 3.05) is 32.5 Å². The van der Waals surface area contributed by atoms with Crippen molar-refractivity contribution < 1.29 is 42.9 Å². The number of amides is 2. The second-order valence-electron chi connectivity index (χ2n) is 9.01. The average molecular weight is 547 g/mol. The molecule has 1 atom stereocenters. The SMILES string of the molecule is COc1ccc(C(=O)COC(=O)c2ccc(N3C(=O)CC(NCc4ccc5c(c4)OCO5)C3=O)cc2)cc1OC. The fraction of sp³-hybridized carbons (Fsp3) is 0.241. The molecule has 206 valence electrons. The van der Waals surface area contributed by atoms with Crippen LogP contribution in [0.25, 0.3) is 0 Å². The Kier molecular flexibility index (Phi) is 7.65. The van der Waals surface area contributed by atoms with Crippen molar-refractivity contribution in [3.63, 3.8) is 0 Å². The monoisotopic (exact) mass is 546 g/mol. The van der Waals surface area contributed by atoms with E-state index in [9.17, 15) is 19.2 Å². The third-order valence-corrected chi connectivity index (χ3v) is 6.54. The number of methoxy groups -OCH3 is 2. The number of carbonyl (C=O) groups is 4. The number of nitrogens with one attached hydrogen (secondary N) is 1. The maximum Gasteiger partial charge on any atom is 0.338 e. The number of imide groups is 1. The van der Waals surface area contributed by atoms with E-state index in [0.717, 1.165) is 10.5 Å². The summed E-state index contributed by atoms with van der Waals surface area (Å²) in [5, 5.41) is 3.12. The molecule has 2 amide bonds. The van der Waals surface area contributed by atoms with E-state index < -0.39 is 24.4 Å². The van der Waals surface area contributed by atoms with E-state index in [-0.39, 0.29) is 30.6 Å². The van der Waals surface area contributed by atoms with E-state index in [0.29, 0.717) is 40.8 Å². The molecule has 1 unspecified atom stereocenters. The Bertz CT molecular complexity index is 1470. The van der Waals surface area contributed by atoms with E-state index in [2.05, 4.69) is 5.32 Å². The van der Waals surface area contributed by atoms with Gasteiger partial charge in [-0.05, 0) is 60.2 Å². The molecule has 0 aliphatic carbocycles. The van der Waals surface area contributed by atoms with E-state index in [1.165, 1.54) is 44.6 Å². The highest BCUT2D eigenvalue weighted by atomic mass is 16.7. The maximum absolute atomic E-state index is 13.0. The Morgan fingerprint density at radius 1 is 0.900 bits per heavy atom. The summed E-state index contributed by atoms with van der Waals surface area (Å²) in [5.74, 6) is 0.272. The minimum Gasteiger partial charge on any atom is -0.493 e. The molecular formula is C29H26N2O9. The molecule has 0 aromatic heterocycles. The molecule has 2 heterocycles. The fourth-order valence-electron chi connectivity index (χ4n) is 4.41. The number of esters is 1. The van der Waals surface area contributed by atoms with Gasteiger partial charge in [0.2, 0.25) is 12.7 Å². The quantitative estimate of drug-likeness (QED) is 0.230. The van der Waals surface area contributed by atoms with Crippen molar-refractivity contribution in [1.82, 2.24) is 5.32 Å². The van der Waals surface area contributed by atoms with Crippen molar-refractivity contribution in [2.24, 2.45) is 0 Å². The molecule has 1 fully saturated rings. The Morgan fingerprint density at radius 2 is 1.62 bits per heavy atom. The molecule has 0 spiro atoms. The summed E-state index contributed by atoms with van der Waals surface area (Å²) >= 11 is 0. The summed E-state index contributed by atoms with van der Waals surface area (Å²) in [6.07, 6.45) is 0.00539. The number of anilines is 1. The summed E-state index contributed by atoms with van der Waals surface area (Å²) in [6, 6.07) is 15.3. The van der Waals surface area contributed by atoms with Crippen LogP contribution in [0.5, 0.6) is 23.0 Å². The van der Waals surface area contributed by atoms with Gasteiger partial charge in [0.15, 0.2) is 35.4 Å². The van der Waals surface area contributed by atoms with Crippen LogP contribution in [0.15, 0.2) is 60.7 Å². The van der Waals surface area contributed by atoms with Gasteiger partial charge in [0, 0.05) is 12.1 Å². The van der Waals surface area contributed by atoms with Crippen molar-refractivity contribution in [3.05, 3.63) is 77.4 Å². The number of hydrogen-bond acceptors (Lipinski definition) is 10. The van der Waals surface area contributed by atoms with Gasteiger partial charge in [0.05, 0.1) is 37.9 Å². The number of ketones is 1. The largest absolute Gasteiger partial charge is 0.493 e. The number of ether oxygens (including phenoxy) is 5. The van der Waals surface area contributed by atoms with Gasteiger partial charge in [0.25, 0.3) is 5.91 Å². The first-order valence-electron chi connectivity index (χ1n) is 12.4. The lowest BCUT2D eigenvalue weighted by Gasteiger charge is -2.16. The number of rotatable bonds is 10. The molecule has 2 aliphatic rings. The molecule has 3 aromatic rings. The van der Waals surface area contributed by atoms with Crippen molar-refractivity contribution in [1.29, 1.82) is 0 Å². The average Bonchev–Trinajstić information content (AvgIpc) is 3.56. The lowest BCUT2D eigenvalue weighted by Crippen LogP contribution is -2.38. The number of hydrogen-bond donors (Lipinski definition) is 1. The van der Waals surface area contributed by atoms with Crippen molar-refractivity contribution >= 4 is 29.3 Å². The molecule has 3 aromatic carbocycles. The highest BCUT2D eigenvalue weighted by Gasteiger charge is 2.39. The molecule has 1 N–H and O–H groups in total. The Morgan fingerprint density at radius 3 is 2.38 bits per heavy atom. The van der Waals surface area contributed by atoms with Gasteiger partial charge in [-0.15, -0.1) is 0 Å². The first-order chi connectivity index (χ1) is 19.4. The van der Waals surface area contributed by atoms with Crippen LogP contribution in [0.4, 0.5) is 5.69 Å². The molecule has 0 radical (unpaired) electrons. The molecule has 1 saturated heterocycles. The minimum absolute atomic E-state index is 0.00539. The summed E-state index contributed by atoms with van der Waals surface area (Å²) in [6.45, 7) is 0.0572. The van der Waals surface area contributed by atoms with Crippen LogP contribution in [-0.2, 0) is 20.9 Å².